The van der Waals surface area contributed by atoms with Crippen LogP contribution in [0.4, 0.5) is 0 Å². The Morgan fingerprint density at radius 2 is 1.69 bits per heavy atom. The largest absolute Gasteiger partial charge is 0.493 e. The standard InChI is InChI=1S/C12H20N2O2/c1-15-11-4-3-9(6-12(11)16-2)5-10(7-13)8-14/h3-4,6,10H,5,7-8,13-14H2,1-2H3. The quantitative estimate of drug-likeness (QED) is 0.749. The summed E-state index contributed by atoms with van der Waals surface area (Å²) in [6, 6.07) is 5.88. The smallest absolute Gasteiger partial charge is 0.160 e. The van der Waals surface area contributed by atoms with E-state index in [2.05, 4.69) is 0 Å². The Morgan fingerprint density at radius 3 is 2.19 bits per heavy atom. The third-order valence-corrected chi connectivity index (χ3v) is 2.64. The van der Waals surface area contributed by atoms with Gasteiger partial charge in [-0.15, -0.1) is 0 Å². The number of nitrogens with two attached hydrogens (primary N) is 2. The molecule has 0 saturated heterocycles. The lowest BCUT2D eigenvalue weighted by Crippen LogP contribution is -2.25. The molecule has 0 bridgehead atoms. The monoisotopic (exact) mass is 224 g/mol. The number of ether oxygens (including phenoxy) is 2. The lowest BCUT2D eigenvalue weighted by atomic mass is 9.99. The zero-order valence-electron chi connectivity index (χ0n) is 9.90. The van der Waals surface area contributed by atoms with Crippen molar-refractivity contribution in [2.75, 3.05) is 27.3 Å². The first-order chi connectivity index (χ1) is 7.74. The number of rotatable bonds is 6. The molecule has 0 atom stereocenters. The minimum absolute atomic E-state index is 0.318. The van der Waals surface area contributed by atoms with Gasteiger partial charge in [0.05, 0.1) is 14.2 Å². The van der Waals surface area contributed by atoms with Gasteiger partial charge in [-0.1, -0.05) is 6.07 Å². The van der Waals surface area contributed by atoms with Gasteiger partial charge in [-0.05, 0) is 43.1 Å². The van der Waals surface area contributed by atoms with Crippen LogP contribution in [-0.4, -0.2) is 27.3 Å². The van der Waals surface area contributed by atoms with Crippen LogP contribution >= 0.6 is 0 Å². The number of methoxy groups -OCH3 is 2. The molecule has 0 aliphatic heterocycles. The third-order valence-electron chi connectivity index (χ3n) is 2.64. The van der Waals surface area contributed by atoms with Crippen molar-refractivity contribution in [1.82, 2.24) is 0 Å². The molecule has 0 fully saturated rings. The second-order valence-electron chi connectivity index (χ2n) is 3.73. The molecule has 4 heteroatoms. The van der Waals surface area contributed by atoms with Gasteiger partial charge >= 0.3 is 0 Å². The zero-order chi connectivity index (χ0) is 12.0. The molecular formula is C12H20N2O2. The minimum atomic E-state index is 0.318. The van der Waals surface area contributed by atoms with E-state index in [-0.39, 0.29) is 0 Å². The lowest BCUT2D eigenvalue weighted by Gasteiger charge is -2.14. The van der Waals surface area contributed by atoms with Crippen LogP contribution in [0.2, 0.25) is 0 Å². The Bertz CT molecular complexity index is 325. The summed E-state index contributed by atoms with van der Waals surface area (Å²) >= 11 is 0. The molecule has 0 aliphatic carbocycles. The van der Waals surface area contributed by atoms with E-state index in [4.69, 9.17) is 20.9 Å². The van der Waals surface area contributed by atoms with E-state index in [0.717, 1.165) is 17.9 Å². The fourth-order valence-electron chi connectivity index (χ4n) is 1.60. The maximum absolute atomic E-state index is 5.62. The average molecular weight is 224 g/mol. The van der Waals surface area contributed by atoms with Crippen molar-refractivity contribution in [3.63, 3.8) is 0 Å². The van der Waals surface area contributed by atoms with E-state index in [1.807, 2.05) is 18.2 Å². The molecule has 4 N–H and O–H groups in total. The Hall–Kier alpha value is -1.26. The summed E-state index contributed by atoms with van der Waals surface area (Å²) in [5.41, 5.74) is 12.4. The van der Waals surface area contributed by atoms with Gasteiger partial charge < -0.3 is 20.9 Å². The van der Waals surface area contributed by atoms with Crippen LogP contribution in [0.15, 0.2) is 18.2 Å². The predicted octanol–water partition coefficient (Wildman–Crippen LogP) is 0.780. The van der Waals surface area contributed by atoms with Gasteiger partial charge in [0.15, 0.2) is 11.5 Å². The van der Waals surface area contributed by atoms with Gasteiger partial charge in [0.25, 0.3) is 0 Å². The third kappa shape index (κ3) is 3.12. The van der Waals surface area contributed by atoms with Crippen molar-refractivity contribution < 1.29 is 9.47 Å². The zero-order valence-corrected chi connectivity index (χ0v) is 9.90. The van der Waals surface area contributed by atoms with Crippen LogP contribution in [0, 0.1) is 5.92 Å². The molecular weight excluding hydrogens is 204 g/mol. The van der Waals surface area contributed by atoms with Crippen molar-refractivity contribution in [3.8, 4) is 11.5 Å². The van der Waals surface area contributed by atoms with Crippen LogP contribution in [-0.2, 0) is 6.42 Å². The number of hydrogen-bond donors (Lipinski definition) is 2. The highest BCUT2D eigenvalue weighted by molar-refractivity contribution is 5.43. The molecule has 1 aromatic rings. The molecule has 0 unspecified atom stereocenters. The molecule has 0 aromatic heterocycles. The highest BCUT2D eigenvalue weighted by atomic mass is 16.5. The first kappa shape index (κ1) is 12.8. The maximum Gasteiger partial charge on any atom is 0.160 e. The highest BCUT2D eigenvalue weighted by Gasteiger charge is 2.09. The van der Waals surface area contributed by atoms with Gasteiger partial charge in [-0.3, -0.25) is 0 Å². The van der Waals surface area contributed by atoms with Gasteiger partial charge in [-0.2, -0.15) is 0 Å². The minimum Gasteiger partial charge on any atom is -0.493 e. The number of benzene rings is 1. The molecule has 0 aliphatic rings. The summed E-state index contributed by atoms with van der Waals surface area (Å²) in [5.74, 6) is 1.80. The van der Waals surface area contributed by atoms with Gasteiger partial charge in [-0.25, -0.2) is 0 Å². The van der Waals surface area contributed by atoms with Gasteiger partial charge in [0.2, 0.25) is 0 Å². The normalized spacial score (nSPS) is 10.6. The van der Waals surface area contributed by atoms with Crippen molar-refractivity contribution in [2.45, 2.75) is 6.42 Å². The molecule has 90 valence electrons. The van der Waals surface area contributed by atoms with Crippen molar-refractivity contribution in [3.05, 3.63) is 23.8 Å². The van der Waals surface area contributed by atoms with Gasteiger partial charge in [0.1, 0.15) is 0 Å². The van der Waals surface area contributed by atoms with E-state index in [0.29, 0.717) is 19.0 Å². The SMILES string of the molecule is COc1ccc(CC(CN)CN)cc1OC. The summed E-state index contributed by atoms with van der Waals surface area (Å²) in [7, 11) is 3.26. The number of hydrogen-bond acceptors (Lipinski definition) is 4. The fraction of sp³-hybridized carbons (Fsp3) is 0.500. The summed E-state index contributed by atoms with van der Waals surface area (Å²) in [4.78, 5) is 0. The van der Waals surface area contributed by atoms with Crippen molar-refractivity contribution >= 4 is 0 Å². The first-order valence-corrected chi connectivity index (χ1v) is 5.36. The molecule has 0 amide bonds. The molecule has 0 radical (unpaired) electrons. The summed E-state index contributed by atoms with van der Waals surface area (Å²) < 4.78 is 10.4. The summed E-state index contributed by atoms with van der Waals surface area (Å²) in [5, 5.41) is 0. The van der Waals surface area contributed by atoms with E-state index >= 15 is 0 Å². The second kappa shape index (κ2) is 6.35. The van der Waals surface area contributed by atoms with Crippen LogP contribution in [0.5, 0.6) is 11.5 Å². The average Bonchev–Trinajstić information content (AvgIpc) is 2.35. The van der Waals surface area contributed by atoms with Crippen LogP contribution in [0.25, 0.3) is 0 Å². The Labute approximate surface area is 96.5 Å². The molecule has 0 spiro atoms. The van der Waals surface area contributed by atoms with Gasteiger partial charge in [0, 0.05) is 0 Å². The van der Waals surface area contributed by atoms with E-state index in [1.54, 1.807) is 14.2 Å². The van der Waals surface area contributed by atoms with E-state index in [9.17, 15) is 0 Å². The second-order valence-corrected chi connectivity index (χ2v) is 3.73. The Kier molecular flexibility index (Phi) is 5.08. The van der Waals surface area contributed by atoms with E-state index in [1.165, 1.54) is 5.56 Å². The Morgan fingerprint density at radius 1 is 1.06 bits per heavy atom. The van der Waals surface area contributed by atoms with Crippen LogP contribution < -0.4 is 20.9 Å². The first-order valence-electron chi connectivity index (χ1n) is 5.36. The van der Waals surface area contributed by atoms with E-state index < -0.39 is 0 Å². The topological polar surface area (TPSA) is 70.5 Å². The lowest BCUT2D eigenvalue weighted by molar-refractivity contribution is 0.354. The molecule has 4 nitrogen and oxygen atoms in total. The summed E-state index contributed by atoms with van der Waals surface area (Å²) in [6.45, 7) is 1.20. The molecule has 0 saturated carbocycles. The molecule has 16 heavy (non-hydrogen) atoms. The van der Waals surface area contributed by atoms with Crippen molar-refractivity contribution in [2.24, 2.45) is 17.4 Å². The van der Waals surface area contributed by atoms with Crippen LogP contribution in [0.1, 0.15) is 5.56 Å². The summed E-state index contributed by atoms with van der Waals surface area (Å²) in [6.07, 6.45) is 0.868. The van der Waals surface area contributed by atoms with Crippen molar-refractivity contribution in [1.29, 1.82) is 0 Å². The predicted molar refractivity (Wildman–Crippen MR) is 64.8 cm³/mol. The maximum atomic E-state index is 5.62. The fourth-order valence-corrected chi connectivity index (χ4v) is 1.60. The Balaban J connectivity index is 2.82. The molecule has 1 aromatic carbocycles. The molecule has 0 heterocycles. The molecule has 1 rings (SSSR count). The highest BCUT2D eigenvalue weighted by Crippen LogP contribution is 2.28. The van der Waals surface area contributed by atoms with Crippen LogP contribution in [0.3, 0.4) is 0 Å².